The molecule has 5 nitrogen and oxygen atoms in total. The van der Waals surface area contributed by atoms with E-state index in [0.29, 0.717) is 17.6 Å². The number of rotatable bonds is 4. The third-order valence-corrected chi connectivity index (χ3v) is 5.70. The first-order chi connectivity index (χ1) is 11.9. The molecular weight excluding hydrogens is 332 g/mol. The molecule has 1 aliphatic rings. The van der Waals surface area contributed by atoms with Gasteiger partial charge in [0, 0.05) is 25.7 Å². The van der Waals surface area contributed by atoms with Crippen molar-refractivity contribution in [1.82, 2.24) is 19.7 Å². The molecule has 2 aromatic rings. The van der Waals surface area contributed by atoms with E-state index in [0.717, 1.165) is 29.6 Å². The number of hydrogen-bond donors (Lipinski definition) is 0. The fraction of sp³-hybridized carbons (Fsp3) is 0.526. The molecule has 0 aliphatic carbocycles. The van der Waals surface area contributed by atoms with Crippen molar-refractivity contribution in [2.75, 3.05) is 18.8 Å². The fourth-order valence-electron chi connectivity index (χ4n) is 3.48. The van der Waals surface area contributed by atoms with Crippen LogP contribution in [0.3, 0.4) is 0 Å². The van der Waals surface area contributed by atoms with Gasteiger partial charge < -0.3 is 9.47 Å². The van der Waals surface area contributed by atoms with E-state index in [9.17, 15) is 4.79 Å². The van der Waals surface area contributed by atoms with Crippen molar-refractivity contribution in [3.63, 3.8) is 0 Å². The molecule has 1 aromatic carbocycles. The van der Waals surface area contributed by atoms with Crippen LogP contribution in [0.2, 0.25) is 0 Å². The minimum Gasteiger partial charge on any atom is -0.341 e. The molecule has 0 radical (unpaired) electrons. The highest BCUT2D eigenvalue weighted by Gasteiger charge is 2.25. The Hall–Kier alpha value is -1.82. The molecule has 1 aliphatic heterocycles. The van der Waals surface area contributed by atoms with Crippen LogP contribution in [-0.4, -0.2) is 44.4 Å². The summed E-state index contributed by atoms with van der Waals surface area (Å²) in [6.45, 7) is 8.25. The molecule has 0 spiro atoms. The quantitative estimate of drug-likeness (QED) is 0.786. The number of piperidine rings is 1. The van der Waals surface area contributed by atoms with Gasteiger partial charge in [-0.15, -0.1) is 10.2 Å². The number of amides is 1. The maximum atomic E-state index is 12.5. The average Bonchev–Trinajstić information content (AvgIpc) is 2.93. The van der Waals surface area contributed by atoms with Crippen molar-refractivity contribution in [2.24, 2.45) is 18.9 Å². The van der Waals surface area contributed by atoms with Gasteiger partial charge in [0.25, 0.3) is 0 Å². The van der Waals surface area contributed by atoms with Crippen molar-refractivity contribution >= 4 is 17.7 Å². The van der Waals surface area contributed by atoms with Crippen LogP contribution in [0.5, 0.6) is 0 Å². The maximum absolute atomic E-state index is 12.5. The topological polar surface area (TPSA) is 51.0 Å². The number of hydrogen-bond acceptors (Lipinski definition) is 4. The predicted octanol–water partition coefficient (Wildman–Crippen LogP) is 3.39. The van der Waals surface area contributed by atoms with Crippen molar-refractivity contribution in [3.05, 3.63) is 29.8 Å². The van der Waals surface area contributed by atoms with Crippen LogP contribution in [-0.2, 0) is 11.8 Å². The summed E-state index contributed by atoms with van der Waals surface area (Å²) in [7, 11) is 1.95. The van der Waals surface area contributed by atoms with Gasteiger partial charge in [-0.2, -0.15) is 0 Å². The van der Waals surface area contributed by atoms with Crippen LogP contribution >= 0.6 is 11.8 Å². The van der Waals surface area contributed by atoms with Gasteiger partial charge in [-0.05, 0) is 25.2 Å². The van der Waals surface area contributed by atoms with Crippen molar-refractivity contribution < 1.29 is 4.79 Å². The number of nitrogens with zero attached hydrogens (tertiary/aromatic N) is 4. The third-order valence-electron chi connectivity index (χ3n) is 4.69. The van der Waals surface area contributed by atoms with E-state index < -0.39 is 0 Å². The number of benzene rings is 1. The third kappa shape index (κ3) is 4.24. The Labute approximate surface area is 153 Å². The van der Waals surface area contributed by atoms with E-state index in [-0.39, 0.29) is 5.91 Å². The van der Waals surface area contributed by atoms with Gasteiger partial charge in [0.1, 0.15) is 0 Å². The Bertz CT molecular complexity index is 730. The number of aromatic nitrogens is 3. The first-order valence-corrected chi connectivity index (χ1v) is 9.79. The van der Waals surface area contributed by atoms with E-state index in [4.69, 9.17) is 0 Å². The molecule has 0 bridgehead atoms. The summed E-state index contributed by atoms with van der Waals surface area (Å²) >= 11 is 1.47. The van der Waals surface area contributed by atoms with Crippen LogP contribution in [0, 0.1) is 18.8 Å². The van der Waals surface area contributed by atoms with Crippen molar-refractivity contribution in [3.8, 4) is 11.4 Å². The molecule has 0 N–H and O–H groups in total. The molecule has 6 heteroatoms. The fourth-order valence-corrected chi connectivity index (χ4v) is 4.29. The molecule has 1 saturated heterocycles. The summed E-state index contributed by atoms with van der Waals surface area (Å²) in [4.78, 5) is 14.5. The molecule has 1 fully saturated rings. The number of thioether (sulfide) groups is 1. The monoisotopic (exact) mass is 358 g/mol. The second kappa shape index (κ2) is 7.60. The molecule has 0 saturated carbocycles. The van der Waals surface area contributed by atoms with Crippen molar-refractivity contribution in [1.29, 1.82) is 0 Å². The lowest BCUT2D eigenvalue weighted by molar-refractivity contribution is -0.130. The van der Waals surface area contributed by atoms with Gasteiger partial charge in [0.2, 0.25) is 5.91 Å². The molecule has 2 heterocycles. The van der Waals surface area contributed by atoms with Gasteiger partial charge in [0.05, 0.1) is 5.75 Å². The highest BCUT2D eigenvalue weighted by molar-refractivity contribution is 7.99. The molecule has 2 atom stereocenters. The van der Waals surface area contributed by atoms with Gasteiger partial charge in [-0.3, -0.25) is 4.79 Å². The van der Waals surface area contributed by atoms with Gasteiger partial charge in [0.15, 0.2) is 11.0 Å². The Kier molecular flexibility index (Phi) is 5.47. The molecule has 1 amide bonds. The molecule has 134 valence electrons. The summed E-state index contributed by atoms with van der Waals surface area (Å²) in [6.07, 6.45) is 1.21. The van der Waals surface area contributed by atoms with Gasteiger partial charge >= 0.3 is 0 Å². The minimum atomic E-state index is 0.197. The maximum Gasteiger partial charge on any atom is 0.233 e. The molecule has 1 aromatic heterocycles. The lowest BCUT2D eigenvalue weighted by atomic mass is 9.92. The van der Waals surface area contributed by atoms with E-state index >= 15 is 0 Å². The number of likely N-dealkylation sites (tertiary alicyclic amines) is 1. The Morgan fingerprint density at radius 3 is 2.44 bits per heavy atom. The largest absolute Gasteiger partial charge is 0.341 e. The van der Waals surface area contributed by atoms with E-state index in [1.807, 2.05) is 16.5 Å². The van der Waals surface area contributed by atoms with Crippen LogP contribution in [0.15, 0.2) is 29.4 Å². The Balaban J connectivity index is 1.64. The highest BCUT2D eigenvalue weighted by Crippen LogP contribution is 2.25. The van der Waals surface area contributed by atoms with Crippen LogP contribution in [0.1, 0.15) is 25.8 Å². The SMILES string of the molecule is Cc1ccc(-c2nnc(SCC(=O)N3C[C@H](C)C[C@@H](C)C3)n2C)cc1. The standard InChI is InChI=1S/C19H26N4OS/c1-13-5-7-16(8-6-13)18-20-21-19(22(18)4)25-12-17(24)23-10-14(2)9-15(3)11-23/h5-8,14-15H,9-12H2,1-4H3/t14-,15-/m1/s1. The second-order valence-corrected chi connectivity index (χ2v) is 8.21. The molecular formula is C19H26N4OS. The van der Waals surface area contributed by atoms with Crippen LogP contribution < -0.4 is 0 Å². The average molecular weight is 359 g/mol. The van der Waals surface area contributed by atoms with Crippen molar-refractivity contribution in [2.45, 2.75) is 32.3 Å². The summed E-state index contributed by atoms with van der Waals surface area (Å²) in [5.41, 5.74) is 2.26. The zero-order chi connectivity index (χ0) is 18.0. The van der Waals surface area contributed by atoms with E-state index in [2.05, 4.69) is 55.2 Å². The normalized spacial score (nSPS) is 20.7. The van der Waals surface area contributed by atoms with E-state index in [1.54, 1.807) is 0 Å². The zero-order valence-corrected chi connectivity index (χ0v) is 16.2. The first kappa shape index (κ1) is 18.0. The summed E-state index contributed by atoms with van der Waals surface area (Å²) in [6, 6.07) is 8.24. The number of carbonyl (C=O) groups excluding carboxylic acids is 1. The minimum absolute atomic E-state index is 0.197. The Morgan fingerprint density at radius 1 is 1.16 bits per heavy atom. The molecule has 0 unspecified atom stereocenters. The van der Waals surface area contributed by atoms with E-state index in [1.165, 1.54) is 23.7 Å². The number of aryl methyl sites for hydroxylation is 1. The summed E-state index contributed by atoms with van der Waals surface area (Å²) < 4.78 is 1.96. The predicted molar refractivity (Wildman–Crippen MR) is 101 cm³/mol. The van der Waals surface area contributed by atoms with Gasteiger partial charge in [-0.25, -0.2) is 0 Å². The lowest BCUT2D eigenvalue weighted by Crippen LogP contribution is -2.43. The van der Waals surface area contributed by atoms with Crippen LogP contribution in [0.4, 0.5) is 0 Å². The zero-order valence-electron chi connectivity index (χ0n) is 15.4. The molecule has 25 heavy (non-hydrogen) atoms. The summed E-state index contributed by atoms with van der Waals surface area (Å²) in [5.74, 6) is 2.61. The smallest absolute Gasteiger partial charge is 0.233 e. The highest BCUT2D eigenvalue weighted by atomic mass is 32.2. The van der Waals surface area contributed by atoms with Gasteiger partial charge in [-0.1, -0.05) is 55.4 Å². The lowest BCUT2D eigenvalue weighted by Gasteiger charge is -2.34. The first-order valence-electron chi connectivity index (χ1n) is 8.81. The summed E-state index contributed by atoms with van der Waals surface area (Å²) in [5, 5.41) is 9.34. The van der Waals surface area contributed by atoms with Crippen LogP contribution in [0.25, 0.3) is 11.4 Å². The number of carbonyl (C=O) groups is 1. The Morgan fingerprint density at radius 2 is 1.80 bits per heavy atom. The second-order valence-electron chi connectivity index (χ2n) is 7.26. The molecule has 3 rings (SSSR count).